The molecule has 5 nitrogen and oxygen atoms in total. The Labute approximate surface area is 111 Å². The van der Waals surface area contributed by atoms with Crippen LogP contribution in [-0.2, 0) is 11.8 Å². The molecule has 3 atom stereocenters. The van der Waals surface area contributed by atoms with Gasteiger partial charge in [0.1, 0.15) is 5.82 Å². The second-order valence-corrected chi connectivity index (χ2v) is 5.34. The molecule has 5 heteroatoms. The average molecular weight is 259 g/mol. The minimum absolute atomic E-state index is 0.0553. The van der Waals surface area contributed by atoms with Crippen LogP contribution in [0.15, 0.2) is 18.2 Å². The molecule has 1 aromatic heterocycles. The number of imidazole rings is 1. The first kappa shape index (κ1) is 12.2. The summed E-state index contributed by atoms with van der Waals surface area (Å²) in [5.41, 5.74) is 9.12. The van der Waals surface area contributed by atoms with Gasteiger partial charge in [0.25, 0.3) is 0 Å². The van der Waals surface area contributed by atoms with Crippen molar-refractivity contribution in [3.63, 3.8) is 0 Å². The zero-order chi connectivity index (χ0) is 13.7. The molecule has 0 radical (unpaired) electrons. The largest absolute Gasteiger partial charge is 0.481 e. The van der Waals surface area contributed by atoms with Gasteiger partial charge in [-0.2, -0.15) is 0 Å². The van der Waals surface area contributed by atoms with Gasteiger partial charge in [0.2, 0.25) is 0 Å². The smallest absolute Gasteiger partial charge is 0.306 e. The van der Waals surface area contributed by atoms with Crippen LogP contribution in [0.1, 0.15) is 23.9 Å². The van der Waals surface area contributed by atoms with Gasteiger partial charge < -0.3 is 15.4 Å². The lowest BCUT2D eigenvalue weighted by molar-refractivity contribution is -0.138. The first-order valence-electron chi connectivity index (χ1n) is 6.40. The predicted molar refractivity (Wildman–Crippen MR) is 71.6 cm³/mol. The molecule has 1 aliphatic carbocycles. The SMILES string of the molecule is Cc1nc2cc(C(N)C3CC3C(=O)O)ccc2n1C. The maximum absolute atomic E-state index is 10.9. The molecule has 19 heavy (non-hydrogen) atoms. The molecule has 1 aliphatic rings. The standard InChI is InChI=1S/C14H17N3O2/c1-7-16-11-5-8(3-4-12(11)17(7)2)13(15)9-6-10(9)14(18)19/h3-5,9-10,13H,6,15H2,1-2H3,(H,18,19). The molecule has 0 spiro atoms. The molecule has 1 heterocycles. The van der Waals surface area contributed by atoms with Crippen molar-refractivity contribution in [2.75, 3.05) is 0 Å². The number of fused-ring (bicyclic) bond motifs is 1. The van der Waals surface area contributed by atoms with Crippen LogP contribution in [0.25, 0.3) is 11.0 Å². The first-order chi connectivity index (χ1) is 8.99. The zero-order valence-corrected chi connectivity index (χ0v) is 11.0. The van der Waals surface area contributed by atoms with E-state index < -0.39 is 5.97 Å². The van der Waals surface area contributed by atoms with Gasteiger partial charge in [-0.25, -0.2) is 4.98 Å². The van der Waals surface area contributed by atoms with E-state index in [4.69, 9.17) is 10.8 Å². The Bertz CT molecular complexity index is 662. The molecule has 1 fully saturated rings. The Morgan fingerprint density at radius 2 is 2.32 bits per heavy atom. The van der Waals surface area contributed by atoms with Gasteiger partial charge in [-0.3, -0.25) is 4.79 Å². The second kappa shape index (κ2) is 4.06. The molecule has 3 unspecified atom stereocenters. The molecule has 0 bridgehead atoms. The number of carbonyl (C=O) groups is 1. The van der Waals surface area contributed by atoms with E-state index in [0.717, 1.165) is 22.4 Å². The number of hydrogen-bond donors (Lipinski definition) is 2. The van der Waals surface area contributed by atoms with Crippen LogP contribution in [0, 0.1) is 18.8 Å². The quantitative estimate of drug-likeness (QED) is 0.877. The van der Waals surface area contributed by atoms with Crippen LogP contribution in [0.4, 0.5) is 0 Å². The van der Waals surface area contributed by atoms with E-state index in [9.17, 15) is 4.79 Å². The third-order valence-corrected chi connectivity index (χ3v) is 4.13. The van der Waals surface area contributed by atoms with Crippen molar-refractivity contribution in [2.45, 2.75) is 19.4 Å². The number of carboxylic acid groups (broad SMARTS) is 1. The van der Waals surface area contributed by atoms with Gasteiger partial charge in [-0.05, 0) is 37.0 Å². The van der Waals surface area contributed by atoms with E-state index in [1.807, 2.05) is 36.7 Å². The molecular formula is C14H17N3O2. The van der Waals surface area contributed by atoms with Crippen LogP contribution in [0.3, 0.4) is 0 Å². The van der Waals surface area contributed by atoms with Crippen molar-refractivity contribution >= 4 is 17.0 Å². The number of rotatable bonds is 3. The average Bonchev–Trinajstić information content (AvgIpc) is 3.12. The van der Waals surface area contributed by atoms with Crippen molar-refractivity contribution in [1.29, 1.82) is 0 Å². The van der Waals surface area contributed by atoms with Gasteiger partial charge in [-0.1, -0.05) is 6.07 Å². The minimum Gasteiger partial charge on any atom is -0.481 e. The number of carboxylic acids is 1. The van der Waals surface area contributed by atoms with E-state index in [0.29, 0.717) is 6.42 Å². The molecular weight excluding hydrogens is 242 g/mol. The number of aliphatic carboxylic acids is 1. The van der Waals surface area contributed by atoms with Gasteiger partial charge in [-0.15, -0.1) is 0 Å². The summed E-state index contributed by atoms with van der Waals surface area (Å²) in [6.07, 6.45) is 0.676. The Hall–Kier alpha value is -1.88. The Balaban J connectivity index is 1.91. The Morgan fingerprint density at radius 1 is 1.58 bits per heavy atom. The maximum atomic E-state index is 10.9. The van der Waals surface area contributed by atoms with Crippen molar-refractivity contribution in [3.8, 4) is 0 Å². The lowest BCUT2D eigenvalue weighted by Gasteiger charge is -2.11. The van der Waals surface area contributed by atoms with Gasteiger partial charge >= 0.3 is 5.97 Å². The van der Waals surface area contributed by atoms with E-state index in [1.165, 1.54) is 0 Å². The molecule has 2 aromatic rings. The van der Waals surface area contributed by atoms with Gasteiger partial charge in [0.05, 0.1) is 17.0 Å². The fourth-order valence-electron chi connectivity index (χ4n) is 2.69. The fourth-order valence-corrected chi connectivity index (χ4v) is 2.69. The molecule has 1 aromatic carbocycles. The summed E-state index contributed by atoms with van der Waals surface area (Å²) < 4.78 is 2.03. The van der Waals surface area contributed by atoms with E-state index in [1.54, 1.807) is 0 Å². The highest BCUT2D eigenvalue weighted by atomic mass is 16.4. The fraction of sp³-hybridized carbons (Fsp3) is 0.429. The number of nitrogens with zero attached hydrogens (tertiary/aromatic N) is 2. The lowest BCUT2D eigenvalue weighted by Crippen LogP contribution is -2.15. The second-order valence-electron chi connectivity index (χ2n) is 5.34. The molecule has 3 N–H and O–H groups in total. The topological polar surface area (TPSA) is 81.1 Å². The summed E-state index contributed by atoms with van der Waals surface area (Å²) in [6.45, 7) is 1.96. The minimum atomic E-state index is -0.741. The van der Waals surface area contributed by atoms with Crippen molar-refractivity contribution in [3.05, 3.63) is 29.6 Å². The molecule has 1 saturated carbocycles. The highest BCUT2D eigenvalue weighted by molar-refractivity contribution is 5.77. The first-order valence-corrected chi connectivity index (χ1v) is 6.40. The third-order valence-electron chi connectivity index (χ3n) is 4.13. The summed E-state index contributed by atoms with van der Waals surface area (Å²) in [6, 6.07) is 5.74. The highest BCUT2D eigenvalue weighted by Gasteiger charge is 2.47. The summed E-state index contributed by atoms with van der Waals surface area (Å²) in [4.78, 5) is 15.4. The van der Waals surface area contributed by atoms with Gasteiger partial charge in [0.15, 0.2) is 0 Å². The van der Waals surface area contributed by atoms with Crippen molar-refractivity contribution in [2.24, 2.45) is 24.6 Å². The monoisotopic (exact) mass is 259 g/mol. The van der Waals surface area contributed by atoms with Crippen LogP contribution in [0.5, 0.6) is 0 Å². The van der Waals surface area contributed by atoms with Crippen LogP contribution < -0.4 is 5.73 Å². The number of aryl methyl sites for hydroxylation is 2. The predicted octanol–water partition coefficient (Wildman–Crippen LogP) is 1.60. The summed E-state index contributed by atoms with van der Waals surface area (Å²) in [7, 11) is 1.98. The number of aromatic nitrogens is 2. The molecule has 100 valence electrons. The Morgan fingerprint density at radius 3 is 2.95 bits per heavy atom. The summed E-state index contributed by atoms with van der Waals surface area (Å²) >= 11 is 0. The van der Waals surface area contributed by atoms with E-state index in [2.05, 4.69) is 4.98 Å². The molecule has 3 rings (SSSR count). The number of hydrogen-bond acceptors (Lipinski definition) is 3. The van der Waals surface area contributed by atoms with Crippen molar-refractivity contribution < 1.29 is 9.90 Å². The zero-order valence-electron chi connectivity index (χ0n) is 11.0. The molecule has 0 amide bonds. The summed E-state index contributed by atoms with van der Waals surface area (Å²) in [5, 5.41) is 8.96. The maximum Gasteiger partial charge on any atom is 0.306 e. The number of benzene rings is 1. The Kier molecular flexibility index (Phi) is 2.60. The highest BCUT2D eigenvalue weighted by Crippen LogP contribution is 2.46. The molecule has 0 aliphatic heterocycles. The van der Waals surface area contributed by atoms with Gasteiger partial charge in [0, 0.05) is 13.1 Å². The van der Waals surface area contributed by atoms with Crippen LogP contribution in [0.2, 0.25) is 0 Å². The molecule has 0 saturated heterocycles. The van der Waals surface area contributed by atoms with E-state index in [-0.39, 0.29) is 17.9 Å². The van der Waals surface area contributed by atoms with E-state index >= 15 is 0 Å². The normalized spacial score (nSPS) is 23.5. The summed E-state index contributed by atoms with van der Waals surface area (Å²) in [5.74, 6) is -0.0123. The van der Waals surface area contributed by atoms with Crippen LogP contribution >= 0.6 is 0 Å². The third kappa shape index (κ3) is 1.90. The lowest BCUT2D eigenvalue weighted by atomic mass is 10.0. The number of nitrogens with two attached hydrogens (primary N) is 1. The van der Waals surface area contributed by atoms with Crippen molar-refractivity contribution in [1.82, 2.24) is 9.55 Å². The van der Waals surface area contributed by atoms with Crippen LogP contribution in [-0.4, -0.2) is 20.6 Å².